The number of thiophene rings is 1. The molecule has 0 bridgehead atoms. The first kappa shape index (κ1) is 25.1. The van der Waals surface area contributed by atoms with Gasteiger partial charge >= 0.3 is 5.97 Å². The average molecular weight is 579 g/mol. The third-order valence-electron chi connectivity index (χ3n) is 4.90. The van der Waals surface area contributed by atoms with Crippen LogP contribution in [0, 0.1) is 5.82 Å². The zero-order valence-corrected chi connectivity index (χ0v) is 22.1. The number of anilines is 1. The second-order valence-corrected chi connectivity index (χ2v) is 10.2. The molecule has 0 aliphatic carbocycles. The standard InChI is InChI=1S/C23H20BrFN4O4S2/c1-12(2)29-20(16-8-9-17(24)33-16)27-28-23(29)35-11-18(30)26-21-19(22(31)32-3)15(10-34-21)13-4-6-14(25)7-5-13/h4-10,12H,11H2,1-3H3,(H,26,30). The van der Waals surface area contributed by atoms with Crippen LogP contribution >= 0.6 is 39.0 Å². The summed E-state index contributed by atoms with van der Waals surface area (Å²) in [5.74, 6) is -0.147. The van der Waals surface area contributed by atoms with Gasteiger partial charge < -0.3 is 14.5 Å². The smallest absolute Gasteiger partial charge is 0.341 e. The summed E-state index contributed by atoms with van der Waals surface area (Å²) in [5.41, 5.74) is 1.41. The van der Waals surface area contributed by atoms with Crippen LogP contribution in [0.5, 0.6) is 0 Å². The molecule has 3 aromatic heterocycles. The lowest BCUT2D eigenvalue weighted by molar-refractivity contribution is -0.113. The second-order valence-electron chi connectivity index (χ2n) is 7.56. The Hall–Kier alpha value is -2.96. The van der Waals surface area contributed by atoms with Gasteiger partial charge in [0, 0.05) is 17.0 Å². The van der Waals surface area contributed by atoms with Crippen molar-refractivity contribution in [1.82, 2.24) is 14.8 Å². The van der Waals surface area contributed by atoms with Crippen LogP contribution in [0.2, 0.25) is 0 Å². The van der Waals surface area contributed by atoms with Crippen molar-refractivity contribution in [2.75, 3.05) is 18.2 Å². The molecule has 1 N–H and O–H groups in total. The Labute approximate surface area is 217 Å². The Bertz CT molecular complexity index is 1360. The van der Waals surface area contributed by atoms with Gasteiger partial charge in [-0.2, -0.15) is 0 Å². The highest BCUT2D eigenvalue weighted by atomic mass is 79.9. The summed E-state index contributed by atoms with van der Waals surface area (Å²) < 4.78 is 26.3. The highest BCUT2D eigenvalue weighted by Gasteiger charge is 2.24. The van der Waals surface area contributed by atoms with Crippen LogP contribution in [-0.4, -0.2) is 39.5 Å². The minimum Gasteiger partial charge on any atom is -0.465 e. The molecule has 0 fully saturated rings. The van der Waals surface area contributed by atoms with E-state index in [0.29, 0.717) is 37.5 Å². The lowest BCUT2D eigenvalue weighted by Crippen LogP contribution is -2.16. The van der Waals surface area contributed by atoms with Crippen LogP contribution in [0.25, 0.3) is 22.7 Å². The van der Waals surface area contributed by atoms with Gasteiger partial charge in [-0.15, -0.1) is 21.5 Å². The molecule has 0 saturated heterocycles. The van der Waals surface area contributed by atoms with Gasteiger partial charge in [-0.3, -0.25) is 9.36 Å². The number of carbonyl (C=O) groups excluding carboxylic acids is 2. The summed E-state index contributed by atoms with van der Waals surface area (Å²) in [5, 5.41) is 13.9. The minimum atomic E-state index is -0.595. The SMILES string of the molecule is COC(=O)c1c(-c2ccc(F)cc2)csc1NC(=O)CSc1nnc(-c2ccc(Br)o2)n1C(C)C. The van der Waals surface area contributed by atoms with Crippen LogP contribution in [0.1, 0.15) is 30.2 Å². The number of esters is 1. The number of nitrogens with zero attached hydrogens (tertiary/aromatic N) is 3. The fraction of sp³-hybridized carbons (Fsp3) is 0.217. The highest BCUT2D eigenvalue weighted by molar-refractivity contribution is 9.10. The molecule has 0 aliphatic heterocycles. The molecule has 12 heteroatoms. The Morgan fingerprint density at radius 1 is 1.23 bits per heavy atom. The molecular weight excluding hydrogens is 559 g/mol. The van der Waals surface area contributed by atoms with Crippen molar-refractivity contribution in [3.63, 3.8) is 0 Å². The molecule has 3 heterocycles. The van der Waals surface area contributed by atoms with Crippen molar-refractivity contribution < 1.29 is 23.1 Å². The zero-order valence-electron chi connectivity index (χ0n) is 18.9. The van der Waals surface area contributed by atoms with Crippen molar-refractivity contribution in [2.45, 2.75) is 25.0 Å². The van der Waals surface area contributed by atoms with E-state index in [1.54, 1.807) is 29.6 Å². The lowest BCUT2D eigenvalue weighted by Gasteiger charge is -2.12. The van der Waals surface area contributed by atoms with E-state index in [4.69, 9.17) is 9.15 Å². The number of amides is 1. The lowest BCUT2D eigenvalue weighted by atomic mass is 10.0. The molecule has 0 saturated carbocycles. The number of aromatic nitrogens is 3. The molecular formula is C23H20BrFN4O4S2. The van der Waals surface area contributed by atoms with Crippen molar-refractivity contribution in [3.05, 3.63) is 57.8 Å². The number of carbonyl (C=O) groups is 2. The van der Waals surface area contributed by atoms with Crippen LogP contribution in [-0.2, 0) is 9.53 Å². The number of halogens is 2. The number of hydrogen-bond donors (Lipinski definition) is 1. The van der Waals surface area contributed by atoms with Gasteiger partial charge in [-0.1, -0.05) is 23.9 Å². The molecule has 35 heavy (non-hydrogen) atoms. The van der Waals surface area contributed by atoms with Crippen molar-refractivity contribution >= 4 is 55.9 Å². The van der Waals surface area contributed by atoms with E-state index in [0.717, 1.165) is 0 Å². The van der Waals surface area contributed by atoms with E-state index in [1.807, 2.05) is 18.4 Å². The predicted octanol–water partition coefficient (Wildman–Crippen LogP) is 6.27. The second kappa shape index (κ2) is 10.8. The molecule has 0 aliphatic rings. The van der Waals surface area contributed by atoms with E-state index in [2.05, 4.69) is 31.4 Å². The number of thioether (sulfide) groups is 1. The third-order valence-corrected chi connectivity index (χ3v) is 7.16. The number of methoxy groups -OCH3 is 1. The van der Waals surface area contributed by atoms with Gasteiger partial charge in [0.2, 0.25) is 11.7 Å². The number of nitrogens with one attached hydrogen (secondary N) is 1. The molecule has 4 aromatic rings. The maximum atomic E-state index is 13.3. The summed E-state index contributed by atoms with van der Waals surface area (Å²) >= 11 is 5.70. The first-order chi connectivity index (χ1) is 16.8. The van der Waals surface area contributed by atoms with Gasteiger partial charge in [-0.25, -0.2) is 9.18 Å². The Morgan fingerprint density at radius 2 is 1.97 bits per heavy atom. The molecule has 0 unspecified atom stereocenters. The summed E-state index contributed by atoms with van der Waals surface area (Å²) in [6, 6.07) is 9.34. The van der Waals surface area contributed by atoms with E-state index in [-0.39, 0.29) is 29.1 Å². The maximum absolute atomic E-state index is 13.3. The normalized spacial score (nSPS) is 11.1. The summed E-state index contributed by atoms with van der Waals surface area (Å²) in [6.45, 7) is 3.97. The average Bonchev–Trinajstić information content (AvgIpc) is 3.55. The molecule has 0 spiro atoms. The van der Waals surface area contributed by atoms with E-state index < -0.39 is 5.97 Å². The topological polar surface area (TPSA) is 99.2 Å². The number of ether oxygens (including phenoxy) is 1. The monoisotopic (exact) mass is 578 g/mol. The van der Waals surface area contributed by atoms with Crippen molar-refractivity contribution in [3.8, 4) is 22.7 Å². The fourth-order valence-electron chi connectivity index (χ4n) is 3.33. The van der Waals surface area contributed by atoms with Crippen molar-refractivity contribution in [1.29, 1.82) is 0 Å². The Balaban J connectivity index is 1.52. The van der Waals surface area contributed by atoms with Gasteiger partial charge in [0.1, 0.15) is 16.4 Å². The van der Waals surface area contributed by atoms with Crippen LogP contribution < -0.4 is 5.32 Å². The molecule has 8 nitrogen and oxygen atoms in total. The Kier molecular flexibility index (Phi) is 7.72. The molecule has 0 radical (unpaired) electrons. The predicted molar refractivity (Wildman–Crippen MR) is 136 cm³/mol. The minimum absolute atomic E-state index is 0.0240. The Morgan fingerprint density at radius 3 is 2.60 bits per heavy atom. The number of hydrogen-bond acceptors (Lipinski definition) is 8. The molecule has 182 valence electrons. The largest absolute Gasteiger partial charge is 0.465 e. The maximum Gasteiger partial charge on any atom is 0.341 e. The zero-order chi connectivity index (χ0) is 25.1. The first-order valence-corrected chi connectivity index (χ1v) is 13.0. The molecule has 1 amide bonds. The molecule has 0 atom stereocenters. The quantitative estimate of drug-likeness (QED) is 0.194. The van der Waals surface area contributed by atoms with E-state index in [1.165, 1.54) is 42.3 Å². The van der Waals surface area contributed by atoms with Gasteiger partial charge in [-0.05, 0) is 59.6 Å². The highest BCUT2D eigenvalue weighted by Crippen LogP contribution is 2.36. The number of benzene rings is 1. The van der Waals surface area contributed by atoms with E-state index >= 15 is 0 Å². The van der Waals surface area contributed by atoms with Crippen LogP contribution in [0.4, 0.5) is 9.39 Å². The van der Waals surface area contributed by atoms with Crippen LogP contribution in [0.3, 0.4) is 0 Å². The van der Waals surface area contributed by atoms with E-state index in [9.17, 15) is 14.0 Å². The third kappa shape index (κ3) is 5.49. The molecule has 1 aromatic carbocycles. The van der Waals surface area contributed by atoms with Gasteiger partial charge in [0.15, 0.2) is 15.6 Å². The van der Waals surface area contributed by atoms with Crippen molar-refractivity contribution in [2.24, 2.45) is 0 Å². The van der Waals surface area contributed by atoms with Crippen LogP contribution in [0.15, 0.2) is 56.0 Å². The summed E-state index contributed by atoms with van der Waals surface area (Å²) in [4.78, 5) is 25.3. The first-order valence-electron chi connectivity index (χ1n) is 10.4. The van der Waals surface area contributed by atoms with Gasteiger partial charge in [0.25, 0.3) is 0 Å². The fourth-order valence-corrected chi connectivity index (χ4v) is 5.48. The summed E-state index contributed by atoms with van der Waals surface area (Å²) in [6.07, 6.45) is 0. The number of furan rings is 1. The van der Waals surface area contributed by atoms with Gasteiger partial charge in [0.05, 0.1) is 12.9 Å². The summed E-state index contributed by atoms with van der Waals surface area (Å²) in [7, 11) is 1.27. The number of rotatable bonds is 8. The molecule has 4 rings (SSSR count).